The van der Waals surface area contributed by atoms with E-state index in [-0.39, 0.29) is 18.0 Å². The second kappa shape index (κ2) is 7.63. The molecular formula is C21H18BrN5O2. The van der Waals surface area contributed by atoms with Crippen LogP contribution in [0.25, 0.3) is 16.6 Å². The fourth-order valence-corrected chi connectivity index (χ4v) is 3.41. The van der Waals surface area contributed by atoms with Crippen molar-refractivity contribution in [1.82, 2.24) is 19.3 Å². The summed E-state index contributed by atoms with van der Waals surface area (Å²) in [6, 6.07) is 14.9. The standard InChI is InChI=1S/C21H18BrN5O2/c1-13-3-6-16(7-4-13)27-19(9-14(2)25-27)24-20(28)11-26-12-23-18-8-5-15(22)10-17(18)21(26)29/h3-10,12H,11H2,1-2H3,(H,24,28). The molecule has 2 aromatic carbocycles. The van der Waals surface area contributed by atoms with Crippen molar-refractivity contribution in [1.29, 1.82) is 0 Å². The van der Waals surface area contributed by atoms with E-state index >= 15 is 0 Å². The van der Waals surface area contributed by atoms with Crippen molar-refractivity contribution in [3.63, 3.8) is 0 Å². The monoisotopic (exact) mass is 451 g/mol. The van der Waals surface area contributed by atoms with Crippen molar-refractivity contribution in [3.05, 3.63) is 80.9 Å². The van der Waals surface area contributed by atoms with Crippen molar-refractivity contribution < 1.29 is 4.79 Å². The zero-order valence-corrected chi connectivity index (χ0v) is 17.5. The molecule has 0 unspecified atom stereocenters. The number of fused-ring (bicyclic) bond motifs is 1. The summed E-state index contributed by atoms with van der Waals surface area (Å²) in [5, 5.41) is 7.75. The third kappa shape index (κ3) is 3.97. The van der Waals surface area contributed by atoms with Crippen LogP contribution >= 0.6 is 15.9 Å². The van der Waals surface area contributed by atoms with Crippen LogP contribution in [0.5, 0.6) is 0 Å². The number of aryl methyl sites for hydroxylation is 2. The van der Waals surface area contributed by atoms with E-state index in [4.69, 9.17) is 0 Å². The van der Waals surface area contributed by atoms with Crippen molar-refractivity contribution in [2.75, 3.05) is 5.32 Å². The maximum atomic E-state index is 12.7. The lowest BCUT2D eigenvalue weighted by Crippen LogP contribution is -2.28. The third-order valence-corrected chi connectivity index (χ3v) is 4.97. The first-order chi connectivity index (χ1) is 13.9. The van der Waals surface area contributed by atoms with Crippen LogP contribution < -0.4 is 10.9 Å². The number of aromatic nitrogens is 4. The van der Waals surface area contributed by atoms with Gasteiger partial charge in [0.1, 0.15) is 12.4 Å². The zero-order chi connectivity index (χ0) is 20.5. The fourth-order valence-electron chi connectivity index (χ4n) is 3.05. The summed E-state index contributed by atoms with van der Waals surface area (Å²) >= 11 is 3.36. The highest BCUT2D eigenvalue weighted by Gasteiger charge is 2.13. The van der Waals surface area contributed by atoms with Gasteiger partial charge in [0.2, 0.25) is 5.91 Å². The SMILES string of the molecule is Cc1ccc(-n2nc(C)cc2NC(=O)Cn2cnc3ccc(Br)cc3c2=O)cc1. The minimum atomic E-state index is -0.337. The quantitative estimate of drug-likeness (QED) is 0.513. The molecule has 7 nitrogen and oxygen atoms in total. The molecule has 2 aromatic heterocycles. The van der Waals surface area contributed by atoms with E-state index in [1.807, 2.05) is 44.2 Å². The van der Waals surface area contributed by atoms with Crippen molar-refractivity contribution in [2.24, 2.45) is 0 Å². The predicted octanol–water partition coefficient (Wildman–Crippen LogP) is 3.60. The van der Waals surface area contributed by atoms with Gasteiger partial charge in [-0.1, -0.05) is 33.6 Å². The lowest BCUT2D eigenvalue weighted by molar-refractivity contribution is -0.116. The first-order valence-electron chi connectivity index (χ1n) is 8.99. The molecule has 1 N–H and O–H groups in total. The van der Waals surface area contributed by atoms with Gasteiger partial charge in [0.25, 0.3) is 5.56 Å². The molecule has 0 saturated heterocycles. The van der Waals surface area contributed by atoms with Gasteiger partial charge in [-0.3, -0.25) is 14.2 Å². The maximum absolute atomic E-state index is 12.7. The summed E-state index contributed by atoms with van der Waals surface area (Å²) < 4.78 is 3.75. The normalized spacial score (nSPS) is 11.0. The molecule has 0 atom stereocenters. The second-order valence-corrected chi connectivity index (χ2v) is 7.72. The average molecular weight is 452 g/mol. The van der Waals surface area contributed by atoms with Gasteiger partial charge in [0, 0.05) is 10.5 Å². The number of hydrogen-bond donors (Lipinski definition) is 1. The number of carbonyl (C=O) groups excluding carboxylic acids is 1. The number of rotatable bonds is 4. The highest BCUT2D eigenvalue weighted by Crippen LogP contribution is 2.18. The minimum absolute atomic E-state index is 0.146. The molecule has 0 spiro atoms. The Morgan fingerprint density at radius 1 is 1.10 bits per heavy atom. The van der Waals surface area contributed by atoms with E-state index in [1.165, 1.54) is 10.9 Å². The summed E-state index contributed by atoms with van der Waals surface area (Å²) in [5.74, 6) is 0.206. The van der Waals surface area contributed by atoms with E-state index < -0.39 is 0 Å². The van der Waals surface area contributed by atoms with Crippen LogP contribution in [0, 0.1) is 13.8 Å². The summed E-state index contributed by atoms with van der Waals surface area (Å²) in [4.78, 5) is 29.6. The molecule has 0 aliphatic heterocycles. The zero-order valence-electron chi connectivity index (χ0n) is 15.9. The largest absolute Gasteiger partial charge is 0.309 e. The average Bonchev–Trinajstić information content (AvgIpc) is 3.05. The van der Waals surface area contributed by atoms with Gasteiger partial charge in [-0.05, 0) is 44.2 Å². The van der Waals surface area contributed by atoms with Crippen LogP contribution in [0.15, 0.2) is 64.1 Å². The molecule has 4 aromatic rings. The maximum Gasteiger partial charge on any atom is 0.261 e. The Labute approximate surface area is 175 Å². The lowest BCUT2D eigenvalue weighted by Gasteiger charge is -2.10. The first-order valence-corrected chi connectivity index (χ1v) is 9.78. The van der Waals surface area contributed by atoms with Crippen molar-refractivity contribution in [2.45, 2.75) is 20.4 Å². The van der Waals surface area contributed by atoms with Crippen LogP contribution in [0.3, 0.4) is 0 Å². The fraction of sp³-hybridized carbons (Fsp3) is 0.143. The molecule has 0 aliphatic carbocycles. The molecule has 0 radical (unpaired) electrons. The Bertz CT molecular complexity index is 1270. The molecule has 29 heavy (non-hydrogen) atoms. The Morgan fingerprint density at radius 2 is 1.86 bits per heavy atom. The van der Waals surface area contributed by atoms with Gasteiger partial charge in [0.15, 0.2) is 0 Å². The molecule has 0 saturated carbocycles. The van der Waals surface area contributed by atoms with Crippen LogP contribution in [-0.4, -0.2) is 25.2 Å². The smallest absolute Gasteiger partial charge is 0.261 e. The van der Waals surface area contributed by atoms with E-state index in [9.17, 15) is 9.59 Å². The minimum Gasteiger partial charge on any atom is -0.309 e. The molecule has 0 aliphatic rings. The van der Waals surface area contributed by atoms with Crippen molar-refractivity contribution >= 4 is 38.6 Å². The molecule has 0 fully saturated rings. The van der Waals surface area contributed by atoms with Crippen LogP contribution in [0.4, 0.5) is 5.82 Å². The number of carbonyl (C=O) groups is 1. The number of nitrogens with zero attached hydrogens (tertiary/aromatic N) is 4. The summed E-state index contributed by atoms with van der Waals surface area (Å²) in [5.41, 5.74) is 3.07. The number of hydrogen-bond acceptors (Lipinski definition) is 4. The Kier molecular flexibility index (Phi) is 5.02. The van der Waals surface area contributed by atoms with E-state index in [0.29, 0.717) is 16.7 Å². The predicted molar refractivity (Wildman–Crippen MR) is 115 cm³/mol. The molecule has 1 amide bonds. The number of anilines is 1. The molecule has 146 valence electrons. The van der Waals surface area contributed by atoms with Gasteiger partial charge in [0.05, 0.1) is 28.6 Å². The number of benzene rings is 2. The second-order valence-electron chi connectivity index (χ2n) is 6.81. The first kappa shape index (κ1) is 19.1. The Balaban J connectivity index is 1.60. The van der Waals surface area contributed by atoms with Crippen molar-refractivity contribution in [3.8, 4) is 5.69 Å². The highest BCUT2D eigenvalue weighted by atomic mass is 79.9. The topological polar surface area (TPSA) is 81.8 Å². The number of halogens is 1. The van der Waals surface area contributed by atoms with Gasteiger partial charge < -0.3 is 5.32 Å². The van der Waals surface area contributed by atoms with Crippen LogP contribution in [0.2, 0.25) is 0 Å². The molecule has 8 heteroatoms. The Hall–Kier alpha value is -3.26. The number of nitrogens with one attached hydrogen (secondary N) is 1. The van der Waals surface area contributed by atoms with Crippen LogP contribution in [-0.2, 0) is 11.3 Å². The summed E-state index contributed by atoms with van der Waals surface area (Å²) in [7, 11) is 0. The number of amides is 1. The van der Waals surface area contributed by atoms with Gasteiger partial charge >= 0.3 is 0 Å². The Morgan fingerprint density at radius 3 is 2.62 bits per heavy atom. The van der Waals surface area contributed by atoms with E-state index in [0.717, 1.165) is 21.4 Å². The molecule has 4 rings (SSSR count). The van der Waals surface area contributed by atoms with Gasteiger partial charge in [-0.2, -0.15) is 5.10 Å². The van der Waals surface area contributed by atoms with E-state index in [2.05, 4.69) is 31.3 Å². The molecular weight excluding hydrogens is 434 g/mol. The molecule has 0 bridgehead atoms. The highest BCUT2D eigenvalue weighted by molar-refractivity contribution is 9.10. The van der Waals surface area contributed by atoms with Crippen LogP contribution in [0.1, 0.15) is 11.3 Å². The van der Waals surface area contributed by atoms with Gasteiger partial charge in [-0.25, -0.2) is 9.67 Å². The third-order valence-electron chi connectivity index (χ3n) is 4.48. The van der Waals surface area contributed by atoms with Gasteiger partial charge in [-0.15, -0.1) is 0 Å². The summed E-state index contributed by atoms with van der Waals surface area (Å²) in [6.45, 7) is 3.72. The van der Waals surface area contributed by atoms with E-state index in [1.54, 1.807) is 22.9 Å². The lowest BCUT2D eigenvalue weighted by atomic mass is 10.2. The molecule has 2 heterocycles. The summed E-state index contributed by atoms with van der Waals surface area (Å²) in [6.07, 6.45) is 1.39.